The first-order valence-electron chi connectivity index (χ1n) is 8.87. The largest absolute Gasteiger partial charge is 0.478 e. The number of amides is 2. The summed E-state index contributed by atoms with van der Waals surface area (Å²) < 4.78 is 14.3. The van der Waals surface area contributed by atoms with Gasteiger partial charge in [0.2, 0.25) is 0 Å². The normalized spacial score (nSPS) is 17.8. The molecule has 27 heavy (non-hydrogen) atoms. The molecule has 0 unspecified atom stereocenters. The molecule has 2 amide bonds. The molecule has 2 aliphatic rings. The molecule has 2 aromatic rings. The molecule has 4 rings (SSSR count). The van der Waals surface area contributed by atoms with E-state index in [1.54, 1.807) is 18.2 Å². The van der Waals surface area contributed by atoms with E-state index in [2.05, 4.69) is 10.6 Å². The summed E-state index contributed by atoms with van der Waals surface area (Å²) in [5, 5.41) is 15.4. The summed E-state index contributed by atoms with van der Waals surface area (Å²) in [7, 11) is 0. The summed E-state index contributed by atoms with van der Waals surface area (Å²) in [5.74, 6) is -2.11. The van der Waals surface area contributed by atoms with E-state index >= 15 is 0 Å². The maximum Gasteiger partial charge on any atom is 0.338 e. The molecule has 1 aliphatic heterocycles. The maximum atomic E-state index is 14.3. The second-order valence-corrected chi connectivity index (χ2v) is 7.47. The number of carbonyl (C=O) groups excluding carboxylic acids is 1. The zero-order chi connectivity index (χ0) is 19.2. The Morgan fingerprint density at radius 3 is 2.56 bits per heavy atom. The highest BCUT2D eigenvalue weighted by Gasteiger charge is 2.43. The molecule has 7 heteroatoms. The van der Waals surface area contributed by atoms with Gasteiger partial charge < -0.3 is 15.7 Å². The second kappa shape index (κ2) is 6.53. The lowest BCUT2D eigenvalue weighted by Crippen LogP contribution is -2.53. The van der Waals surface area contributed by atoms with Crippen LogP contribution in [0, 0.1) is 5.82 Å². The SMILES string of the molecule is O=C1Nc2c(Cl)ccc(-c3ccc(C(=O)O)c(F)c3)c2C2(CCCCC2)N1. The van der Waals surface area contributed by atoms with E-state index in [1.807, 2.05) is 0 Å². The number of carboxylic acids is 1. The Bertz CT molecular complexity index is 954. The third kappa shape index (κ3) is 2.94. The fourth-order valence-electron chi connectivity index (χ4n) is 4.25. The van der Waals surface area contributed by atoms with Crippen LogP contribution in [-0.4, -0.2) is 17.1 Å². The number of rotatable bonds is 2. The quantitative estimate of drug-likeness (QED) is 0.666. The predicted molar refractivity (Wildman–Crippen MR) is 101 cm³/mol. The molecule has 3 N–H and O–H groups in total. The number of carboxylic acid groups (broad SMARTS) is 1. The number of carbonyl (C=O) groups is 2. The number of aromatic carboxylic acids is 1. The van der Waals surface area contributed by atoms with Crippen LogP contribution < -0.4 is 10.6 Å². The van der Waals surface area contributed by atoms with Gasteiger partial charge in [-0.2, -0.15) is 0 Å². The molecule has 0 bridgehead atoms. The number of benzene rings is 2. The molecule has 1 spiro atoms. The Balaban J connectivity index is 1.94. The Kier molecular flexibility index (Phi) is 4.30. The number of urea groups is 1. The minimum atomic E-state index is -1.31. The number of hydrogen-bond acceptors (Lipinski definition) is 2. The van der Waals surface area contributed by atoms with Gasteiger partial charge >= 0.3 is 12.0 Å². The lowest BCUT2D eigenvalue weighted by molar-refractivity contribution is 0.0692. The summed E-state index contributed by atoms with van der Waals surface area (Å²) in [6.45, 7) is 0. The number of anilines is 1. The first-order valence-corrected chi connectivity index (χ1v) is 9.24. The highest BCUT2D eigenvalue weighted by Crippen LogP contribution is 2.49. The van der Waals surface area contributed by atoms with E-state index in [1.165, 1.54) is 12.1 Å². The van der Waals surface area contributed by atoms with Gasteiger partial charge in [0.15, 0.2) is 0 Å². The van der Waals surface area contributed by atoms with Crippen molar-refractivity contribution in [3.63, 3.8) is 0 Å². The van der Waals surface area contributed by atoms with Crippen LogP contribution in [0.25, 0.3) is 11.1 Å². The molecule has 0 saturated heterocycles. The van der Waals surface area contributed by atoms with Crippen molar-refractivity contribution in [3.8, 4) is 11.1 Å². The van der Waals surface area contributed by atoms with Gasteiger partial charge in [-0.25, -0.2) is 14.0 Å². The van der Waals surface area contributed by atoms with Crippen molar-refractivity contribution in [2.45, 2.75) is 37.6 Å². The van der Waals surface area contributed by atoms with Crippen LogP contribution in [-0.2, 0) is 5.54 Å². The molecule has 140 valence electrons. The van der Waals surface area contributed by atoms with Gasteiger partial charge in [-0.1, -0.05) is 43.0 Å². The maximum absolute atomic E-state index is 14.3. The van der Waals surface area contributed by atoms with E-state index < -0.39 is 17.3 Å². The van der Waals surface area contributed by atoms with Gasteiger partial charge in [-0.3, -0.25) is 0 Å². The Morgan fingerprint density at radius 2 is 1.89 bits per heavy atom. The number of hydrogen-bond donors (Lipinski definition) is 3. The number of nitrogens with one attached hydrogen (secondary N) is 2. The smallest absolute Gasteiger partial charge is 0.338 e. The summed E-state index contributed by atoms with van der Waals surface area (Å²) >= 11 is 6.37. The minimum absolute atomic E-state index is 0.296. The van der Waals surface area contributed by atoms with Crippen molar-refractivity contribution < 1.29 is 19.1 Å². The first kappa shape index (κ1) is 17.8. The van der Waals surface area contributed by atoms with Crippen LogP contribution >= 0.6 is 11.6 Å². The molecule has 0 atom stereocenters. The zero-order valence-electron chi connectivity index (χ0n) is 14.4. The Labute approximate surface area is 160 Å². The van der Waals surface area contributed by atoms with Crippen molar-refractivity contribution in [3.05, 3.63) is 52.3 Å². The van der Waals surface area contributed by atoms with Gasteiger partial charge in [0.25, 0.3) is 0 Å². The van der Waals surface area contributed by atoms with Crippen LogP contribution in [0.2, 0.25) is 5.02 Å². The van der Waals surface area contributed by atoms with Gasteiger partial charge in [-0.05, 0) is 42.2 Å². The van der Waals surface area contributed by atoms with Gasteiger partial charge in [0.05, 0.1) is 21.8 Å². The van der Waals surface area contributed by atoms with Gasteiger partial charge in [0, 0.05) is 5.56 Å². The zero-order valence-corrected chi connectivity index (χ0v) is 15.2. The van der Waals surface area contributed by atoms with Crippen LogP contribution in [0.3, 0.4) is 0 Å². The Morgan fingerprint density at radius 1 is 1.15 bits per heavy atom. The van der Waals surface area contributed by atoms with Crippen molar-refractivity contribution in [1.29, 1.82) is 0 Å². The molecule has 1 aliphatic carbocycles. The van der Waals surface area contributed by atoms with Gasteiger partial charge in [-0.15, -0.1) is 0 Å². The van der Waals surface area contributed by atoms with Crippen LogP contribution in [0.1, 0.15) is 48.0 Å². The van der Waals surface area contributed by atoms with Gasteiger partial charge in [0.1, 0.15) is 5.82 Å². The molecule has 0 aromatic heterocycles. The lowest BCUT2D eigenvalue weighted by Gasteiger charge is -2.44. The first-order chi connectivity index (χ1) is 12.9. The fourth-order valence-corrected chi connectivity index (χ4v) is 4.45. The highest BCUT2D eigenvalue weighted by molar-refractivity contribution is 6.34. The van der Waals surface area contributed by atoms with E-state index in [0.29, 0.717) is 16.3 Å². The summed E-state index contributed by atoms with van der Waals surface area (Å²) in [4.78, 5) is 23.4. The predicted octanol–water partition coefficient (Wildman–Crippen LogP) is 5.14. The topological polar surface area (TPSA) is 78.4 Å². The highest BCUT2D eigenvalue weighted by atomic mass is 35.5. The third-order valence-corrected chi connectivity index (χ3v) is 5.76. The average Bonchev–Trinajstić information content (AvgIpc) is 2.63. The van der Waals surface area contributed by atoms with E-state index in [-0.39, 0.29) is 11.6 Å². The van der Waals surface area contributed by atoms with Crippen molar-refractivity contribution >= 4 is 29.3 Å². The second-order valence-electron chi connectivity index (χ2n) is 7.07. The van der Waals surface area contributed by atoms with Crippen molar-refractivity contribution in [2.75, 3.05) is 5.32 Å². The monoisotopic (exact) mass is 388 g/mol. The van der Waals surface area contributed by atoms with E-state index in [9.17, 15) is 14.0 Å². The van der Waals surface area contributed by atoms with E-state index in [4.69, 9.17) is 16.7 Å². The summed E-state index contributed by atoms with van der Waals surface area (Å²) in [5.41, 5.74) is 1.74. The van der Waals surface area contributed by atoms with Crippen molar-refractivity contribution in [1.82, 2.24) is 5.32 Å². The standard InChI is InChI=1S/C20H18ClFN2O3/c21-14-7-6-12(11-4-5-13(18(25)26)15(22)10-11)16-17(14)23-19(27)24-20(16)8-2-1-3-9-20/h4-7,10H,1-3,8-9H2,(H,25,26)(H2,23,24,27). The molecule has 1 fully saturated rings. The molecule has 0 radical (unpaired) electrons. The van der Waals surface area contributed by atoms with Crippen LogP contribution in [0.5, 0.6) is 0 Å². The molecule has 1 heterocycles. The summed E-state index contributed by atoms with van der Waals surface area (Å²) in [6.07, 6.45) is 4.58. The average molecular weight is 389 g/mol. The number of fused-ring (bicyclic) bond motifs is 2. The molecular formula is C20H18ClFN2O3. The minimum Gasteiger partial charge on any atom is -0.478 e. The molecular weight excluding hydrogens is 371 g/mol. The van der Waals surface area contributed by atoms with Crippen LogP contribution in [0.15, 0.2) is 30.3 Å². The van der Waals surface area contributed by atoms with Crippen molar-refractivity contribution in [2.24, 2.45) is 0 Å². The Hall–Kier alpha value is -2.60. The lowest BCUT2D eigenvalue weighted by atomic mass is 9.72. The number of halogens is 2. The molecule has 2 aromatic carbocycles. The molecule has 1 saturated carbocycles. The summed E-state index contributed by atoms with van der Waals surface area (Å²) in [6, 6.07) is 7.24. The van der Waals surface area contributed by atoms with Crippen LogP contribution in [0.4, 0.5) is 14.9 Å². The fraction of sp³-hybridized carbons (Fsp3) is 0.300. The third-order valence-electron chi connectivity index (χ3n) is 5.44. The van der Waals surface area contributed by atoms with E-state index in [0.717, 1.165) is 43.2 Å². The molecule has 5 nitrogen and oxygen atoms in total.